The molecule has 0 unspecified atom stereocenters. The minimum atomic E-state index is 0.142. The molecule has 0 aromatic carbocycles. The molecule has 0 amide bonds. The number of anilines is 1. The Morgan fingerprint density at radius 2 is 1.88 bits per heavy atom. The lowest BCUT2D eigenvalue weighted by atomic mass is 9.80. The molecule has 2 fully saturated rings. The number of pyridine rings is 1. The van der Waals surface area contributed by atoms with Gasteiger partial charge in [-0.15, -0.1) is 0 Å². The van der Waals surface area contributed by atoms with E-state index in [0.717, 1.165) is 64.0 Å². The summed E-state index contributed by atoms with van der Waals surface area (Å²) in [5, 5.41) is 0. The maximum Gasteiger partial charge on any atom is 0.225 e. The van der Waals surface area contributed by atoms with E-state index in [1.807, 2.05) is 30.7 Å². The van der Waals surface area contributed by atoms with Crippen molar-refractivity contribution in [2.24, 2.45) is 5.41 Å². The van der Waals surface area contributed by atoms with Crippen LogP contribution in [0.15, 0.2) is 42.9 Å². The van der Waals surface area contributed by atoms with Gasteiger partial charge in [0, 0.05) is 56.7 Å². The summed E-state index contributed by atoms with van der Waals surface area (Å²) in [6, 6.07) is 7.99. The van der Waals surface area contributed by atoms with E-state index in [4.69, 9.17) is 4.74 Å². The summed E-state index contributed by atoms with van der Waals surface area (Å²) < 4.78 is 6.01. The fraction of sp³-hybridized carbons (Fsp3) is 0.526. The Hall–Kier alpha value is -2.05. The third-order valence-corrected chi connectivity index (χ3v) is 5.13. The normalized spacial score (nSPS) is 25.0. The lowest BCUT2D eigenvalue weighted by Gasteiger charge is -2.43. The summed E-state index contributed by atoms with van der Waals surface area (Å²) in [7, 11) is 0. The first-order valence-corrected chi connectivity index (χ1v) is 9.05. The molecule has 1 spiro atoms. The van der Waals surface area contributed by atoms with E-state index in [-0.39, 0.29) is 5.41 Å². The van der Waals surface area contributed by atoms with Gasteiger partial charge in [-0.25, -0.2) is 9.97 Å². The molecular weight excluding hydrogens is 314 g/mol. The summed E-state index contributed by atoms with van der Waals surface area (Å²) in [6.07, 6.45) is 7.85. The smallest absolute Gasteiger partial charge is 0.225 e. The molecule has 6 heteroatoms. The number of ether oxygens (including phenoxy) is 1. The van der Waals surface area contributed by atoms with Crippen LogP contribution in [0.2, 0.25) is 0 Å². The Bertz CT molecular complexity index is 668. The van der Waals surface area contributed by atoms with Crippen LogP contribution in [0.1, 0.15) is 18.5 Å². The summed E-state index contributed by atoms with van der Waals surface area (Å²) in [5.74, 6) is 0.835. The van der Waals surface area contributed by atoms with Crippen LogP contribution in [0.5, 0.6) is 0 Å². The molecule has 0 bridgehead atoms. The number of hydrogen-bond donors (Lipinski definition) is 0. The highest BCUT2D eigenvalue weighted by Gasteiger charge is 2.39. The van der Waals surface area contributed by atoms with Gasteiger partial charge in [0.05, 0.1) is 18.9 Å². The fourth-order valence-corrected chi connectivity index (χ4v) is 4.02. The highest BCUT2D eigenvalue weighted by molar-refractivity contribution is 5.30. The predicted octanol–water partition coefficient (Wildman–Crippen LogP) is 1.99. The molecular formula is C19H25N5O. The Morgan fingerprint density at radius 1 is 1.00 bits per heavy atom. The average Bonchev–Trinajstić information content (AvgIpc) is 2.85. The van der Waals surface area contributed by atoms with Crippen LogP contribution in [-0.4, -0.2) is 59.2 Å². The Balaban J connectivity index is 1.49. The molecule has 25 heavy (non-hydrogen) atoms. The van der Waals surface area contributed by atoms with Gasteiger partial charge in [-0.2, -0.15) is 0 Å². The van der Waals surface area contributed by atoms with Crippen molar-refractivity contribution in [3.63, 3.8) is 0 Å². The molecule has 2 aliphatic rings. The van der Waals surface area contributed by atoms with Gasteiger partial charge in [-0.1, -0.05) is 6.07 Å². The lowest BCUT2D eigenvalue weighted by molar-refractivity contribution is 0.0554. The number of aromatic nitrogens is 3. The van der Waals surface area contributed by atoms with Crippen molar-refractivity contribution in [3.8, 4) is 0 Å². The predicted molar refractivity (Wildman–Crippen MR) is 96.2 cm³/mol. The van der Waals surface area contributed by atoms with Crippen LogP contribution < -0.4 is 4.90 Å². The molecule has 2 saturated heterocycles. The van der Waals surface area contributed by atoms with E-state index < -0.39 is 0 Å². The van der Waals surface area contributed by atoms with Crippen molar-refractivity contribution in [1.29, 1.82) is 0 Å². The molecule has 2 aromatic heterocycles. The summed E-state index contributed by atoms with van der Waals surface area (Å²) in [4.78, 5) is 18.2. The minimum Gasteiger partial charge on any atom is -0.379 e. The molecule has 132 valence electrons. The quantitative estimate of drug-likeness (QED) is 0.852. The van der Waals surface area contributed by atoms with E-state index in [0.29, 0.717) is 0 Å². The van der Waals surface area contributed by atoms with E-state index in [2.05, 4.69) is 36.9 Å². The first-order chi connectivity index (χ1) is 12.3. The second-order valence-electron chi connectivity index (χ2n) is 7.16. The van der Waals surface area contributed by atoms with Gasteiger partial charge >= 0.3 is 0 Å². The third kappa shape index (κ3) is 3.96. The van der Waals surface area contributed by atoms with Crippen LogP contribution in [0.25, 0.3) is 0 Å². The minimum absolute atomic E-state index is 0.142. The van der Waals surface area contributed by atoms with E-state index >= 15 is 0 Å². The maximum absolute atomic E-state index is 6.01. The van der Waals surface area contributed by atoms with Gasteiger partial charge < -0.3 is 9.64 Å². The number of nitrogens with zero attached hydrogens (tertiary/aromatic N) is 5. The fourth-order valence-electron chi connectivity index (χ4n) is 4.02. The van der Waals surface area contributed by atoms with Gasteiger partial charge in [-0.3, -0.25) is 9.88 Å². The van der Waals surface area contributed by atoms with Gasteiger partial charge in [0.1, 0.15) is 0 Å². The third-order valence-electron chi connectivity index (χ3n) is 5.13. The Kier molecular flexibility index (Phi) is 4.90. The Labute approximate surface area is 148 Å². The molecule has 0 saturated carbocycles. The van der Waals surface area contributed by atoms with Crippen LogP contribution >= 0.6 is 0 Å². The van der Waals surface area contributed by atoms with Crippen LogP contribution in [-0.2, 0) is 11.3 Å². The van der Waals surface area contributed by atoms with Crippen molar-refractivity contribution in [2.75, 3.05) is 44.3 Å². The first-order valence-electron chi connectivity index (χ1n) is 9.05. The molecule has 0 radical (unpaired) electrons. The highest BCUT2D eigenvalue weighted by Crippen LogP contribution is 2.34. The zero-order chi connectivity index (χ0) is 17.0. The van der Waals surface area contributed by atoms with Crippen LogP contribution in [0.3, 0.4) is 0 Å². The molecule has 6 nitrogen and oxygen atoms in total. The largest absolute Gasteiger partial charge is 0.379 e. The average molecular weight is 339 g/mol. The molecule has 1 atom stereocenters. The molecule has 2 aliphatic heterocycles. The topological polar surface area (TPSA) is 54.4 Å². The second-order valence-corrected chi connectivity index (χ2v) is 7.16. The maximum atomic E-state index is 6.01. The number of hydrogen-bond acceptors (Lipinski definition) is 6. The van der Waals surface area contributed by atoms with Crippen molar-refractivity contribution in [3.05, 3.63) is 48.5 Å². The van der Waals surface area contributed by atoms with Gasteiger partial charge in [0.15, 0.2) is 0 Å². The number of rotatable bonds is 3. The monoisotopic (exact) mass is 339 g/mol. The van der Waals surface area contributed by atoms with Crippen molar-refractivity contribution in [2.45, 2.75) is 19.4 Å². The molecule has 0 N–H and O–H groups in total. The molecule has 4 heterocycles. The van der Waals surface area contributed by atoms with Crippen molar-refractivity contribution >= 4 is 5.95 Å². The van der Waals surface area contributed by atoms with Crippen LogP contribution in [0, 0.1) is 5.41 Å². The summed E-state index contributed by atoms with van der Waals surface area (Å²) in [5.41, 5.74) is 1.27. The van der Waals surface area contributed by atoms with E-state index in [1.165, 1.54) is 6.42 Å². The van der Waals surface area contributed by atoms with Gasteiger partial charge in [-0.05, 0) is 31.0 Å². The number of piperidine rings is 1. The molecule has 4 rings (SSSR count). The lowest BCUT2D eigenvalue weighted by Crippen LogP contribution is -2.51. The standard InChI is InChI=1S/C19H25N5O/c1-2-7-20-17(5-1)13-23-11-12-25-16-19(14-23)6-3-10-24(15-19)18-21-8-4-9-22-18/h1-2,4-5,7-9H,3,6,10-16H2/t19-/m0/s1. The van der Waals surface area contributed by atoms with Crippen LogP contribution in [0.4, 0.5) is 5.95 Å². The first kappa shape index (κ1) is 16.4. The highest BCUT2D eigenvalue weighted by atomic mass is 16.5. The van der Waals surface area contributed by atoms with Crippen molar-refractivity contribution < 1.29 is 4.74 Å². The van der Waals surface area contributed by atoms with E-state index in [1.54, 1.807) is 0 Å². The second kappa shape index (κ2) is 7.45. The zero-order valence-corrected chi connectivity index (χ0v) is 14.5. The van der Waals surface area contributed by atoms with E-state index in [9.17, 15) is 0 Å². The SMILES string of the molecule is c1ccc(CN2CCOC[C@@]3(CCCN(c4ncccn4)C3)C2)nc1. The summed E-state index contributed by atoms with van der Waals surface area (Å²) >= 11 is 0. The molecule has 0 aliphatic carbocycles. The summed E-state index contributed by atoms with van der Waals surface area (Å²) in [6.45, 7) is 6.45. The van der Waals surface area contributed by atoms with Gasteiger partial charge in [0.2, 0.25) is 5.95 Å². The molecule has 2 aromatic rings. The Morgan fingerprint density at radius 3 is 2.72 bits per heavy atom. The van der Waals surface area contributed by atoms with Gasteiger partial charge in [0.25, 0.3) is 0 Å². The zero-order valence-electron chi connectivity index (χ0n) is 14.5. The van der Waals surface area contributed by atoms with Crippen molar-refractivity contribution in [1.82, 2.24) is 19.9 Å².